The van der Waals surface area contributed by atoms with Crippen LogP contribution in [0.15, 0.2) is 42.4 Å². The molecule has 126 valence electrons. The molecule has 0 aromatic heterocycles. The van der Waals surface area contributed by atoms with Crippen molar-refractivity contribution in [3.05, 3.63) is 53.7 Å². The second-order valence-corrected chi connectivity index (χ2v) is 5.17. The van der Waals surface area contributed by atoms with Gasteiger partial charge >= 0.3 is 0 Å². The summed E-state index contributed by atoms with van der Waals surface area (Å²) in [6.45, 7) is -5.71. The summed E-state index contributed by atoms with van der Waals surface area (Å²) in [5, 5.41) is 2.81. The highest BCUT2D eigenvalue weighted by molar-refractivity contribution is 5.46. The summed E-state index contributed by atoms with van der Waals surface area (Å²) in [4.78, 5) is 0. The molecule has 1 saturated heterocycles. The Kier molecular flexibility index (Phi) is 2.16. The molecule has 4 nitrogen and oxygen atoms in total. The summed E-state index contributed by atoms with van der Waals surface area (Å²) in [7, 11) is 0. The topological polar surface area (TPSA) is 39.7 Å². The van der Waals surface area contributed by atoms with Crippen molar-refractivity contribution < 1.29 is 32.3 Å². The zero-order chi connectivity index (χ0) is 25.3. The van der Waals surface area contributed by atoms with Gasteiger partial charge in [-0.2, -0.15) is 0 Å². The molecule has 24 heavy (non-hydrogen) atoms. The zero-order valence-electron chi connectivity index (χ0n) is 22.5. The van der Waals surface area contributed by atoms with Gasteiger partial charge in [0.2, 0.25) is 6.75 Å². The number of rotatable bonds is 4. The third-order valence-corrected chi connectivity index (χ3v) is 3.62. The minimum Gasteiger partial charge on any atom is -0.493 e. The van der Waals surface area contributed by atoms with Crippen LogP contribution in [0.3, 0.4) is 0 Å². The quantitative estimate of drug-likeness (QED) is 0.927. The fourth-order valence-corrected chi connectivity index (χ4v) is 2.45. The van der Waals surface area contributed by atoms with Gasteiger partial charge in [-0.15, -0.1) is 0 Å². The summed E-state index contributed by atoms with van der Waals surface area (Å²) < 4.78 is 112. The molecule has 1 N–H and O–H groups in total. The Balaban J connectivity index is 1.78. The van der Waals surface area contributed by atoms with Crippen molar-refractivity contribution in [2.45, 2.75) is 12.3 Å². The normalized spacial score (nSPS) is 37.2. The predicted molar refractivity (Wildman–Crippen MR) is 88.2 cm³/mol. The van der Waals surface area contributed by atoms with E-state index in [9.17, 15) is 4.39 Å². The number of fused-ring (bicyclic) bond motifs is 1. The average molecular weight is 339 g/mol. The molecule has 2 atom stereocenters. The van der Waals surface area contributed by atoms with Crippen LogP contribution in [0.2, 0.25) is 0 Å². The lowest BCUT2D eigenvalue weighted by Crippen LogP contribution is -2.38. The number of piperidine rings is 1. The molecule has 2 aromatic carbocycles. The summed E-state index contributed by atoms with van der Waals surface area (Å²) in [5.74, 6) is -6.44. The summed E-state index contributed by atoms with van der Waals surface area (Å²) in [5.41, 5.74) is -0.591. The first-order valence-electron chi connectivity index (χ1n) is 12.3. The maximum Gasteiger partial charge on any atom is 0.231 e. The van der Waals surface area contributed by atoms with Crippen molar-refractivity contribution in [1.82, 2.24) is 5.32 Å². The van der Waals surface area contributed by atoms with E-state index >= 15 is 0 Å². The van der Waals surface area contributed by atoms with Gasteiger partial charge in [0, 0.05) is 21.2 Å². The minimum absolute atomic E-state index is 0.0580. The van der Waals surface area contributed by atoms with Gasteiger partial charge in [-0.1, -0.05) is 12.1 Å². The van der Waals surface area contributed by atoms with Crippen molar-refractivity contribution in [3.8, 4) is 17.2 Å². The Morgan fingerprint density at radius 1 is 1.33 bits per heavy atom. The fraction of sp³-hybridized carbons (Fsp3) is 0.368. The SMILES string of the molecule is [2H]c1c([2H])c(C2([2H])CCNC[C@]2([2H])C([2H])([2H])Oc2ccc3c(c2)OC([2H])([2H])O3)c([2H])c([2H])c1F. The van der Waals surface area contributed by atoms with Crippen LogP contribution in [0.4, 0.5) is 4.39 Å². The highest BCUT2D eigenvalue weighted by Gasteiger charge is 2.27. The van der Waals surface area contributed by atoms with Crippen molar-refractivity contribution >= 4 is 0 Å². The van der Waals surface area contributed by atoms with E-state index in [1.54, 1.807) is 0 Å². The van der Waals surface area contributed by atoms with Gasteiger partial charge in [0.15, 0.2) is 11.5 Å². The van der Waals surface area contributed by atoms with E-state index in [-0.39, 0.29) is 30.2 Å². The molecular formula is C19H20FNO3. The van der Waals surface area contributed by atoms with Crippen LogP contribution in [0.1, 0.15) is 31.6 Å². The number of benzene rings is 2. The Morgan fingerprint density at radius 3 is 3.04 bits per heavy atom. The predicted octanol–water partition coefficient (Wildman–Crippen LogP) is 3.33. The molecule has 0 spiro atoms. The standard InChI is InChI=1S/C19H20FNO3/c20-15-3-1-13(2-4-15)17-7-8-21-10-14(17)11-22-16-5-6-18-19(9-16)24-12-23-18/h1-6,9,14,17,21H,7-8,10-12H2/t14-,17?/m1/s1/i1D,2D,3D,4D,11D2,12D2,14D,17D. The van der Waals surface area contributed by atoms with E-state index in [1.165, 1.54) is 12.1 Å². The highest BCUT2D eigenvalue weighted by atomic mass is 19.1. The molecule has 0 aliphatic carbocycles. The molecule has 2 aliphatic rings. The van der Waals surface area contributed by atoms with E-state index in [2.05, 4.69) is 5.32 Å². The fourth-order valence-electron chi connectivity index (χ4n) is 2.45. The molecular weight excluding hydrogens is 309 g/mol. The molecule has 2 aliphatic heterocycles. The minimum atomic E-state index is -2.95. The molecule has 2 heterocycles. The number of halogens is 1. The van der Waals surface area contributed by atoms with Gasteiger partial charge in [-0.25, -0.2) is 4.39 Å². The Labute approximate surface area is 154 Å². The van der Waals surface area contributed by atoms with Gasteiger partial charge in [0.25, 0.3) is 0 Å². The van der Waals surface area contributed by atoms with Crippen LogP contribution in [-0.2, 0) is 0 Å². The molecule has 0 saturated carbocycles. The average Bonchev–Trinajstić information content (AvgIpc) is 3.06. The van der Waals surface area contributed by atoms with E-state index < -0.39 is 67.2 Å². The van der Waals surface area contributed by atoms with E-state index in [4.69, 9.17) is 27.9 Å². The number of ether oxygens (including phenoxy) is 3. The summed E-state index contributed by atoms with van der Waals surface area (Å²) in [6, 6.07) is 0.000677. The largest absolute Gasteiger partial charge is 0.493 e. The summed E-state index contributed by atoms with van der Waals surface area (Å²) in [6.07, 6.45) is -0.275. The van der Waals surface area contributed by atoms with Gasteiger partial charge in [-0.05, 0) is 48.6 Å². The molecule has 0 bridgehead atoms. The maximum atomic E-state index is 14.1. The second-order valence-electron chi connectivity index (χ2n) is 5.17. The molecule has 5 heteroatoms. The second kappa shape index (κ2) is 6.69. The van der Waals surface area contributed by atoms with Crippen LogP contribution < -0.4 is 19.5 Å². The van der Waals surface area contributed by atoms with Crippen molar-refractivity contribution in [2.75, 3.05) is 26.4 Å². The van der Waals surface area contributed by atoms with Crippen molar-refractivity contribution in [3.63, 3.8) is 0 Å². The Bertz CT molecular complexity index is 1140. The highest BCUT2D eigenvalue weighted by Crippen LogP contribution is 2.36. The van der Waals surface area contributed by atoms with Crippen LogP contribution in [-0.4, -0.2) is 26.4 Å². The first-order valence-corrected chi connectivity index (χ1v) is 7.32. The number of nitrogens with one attached hydrogen (secondary N) is 1. The van der Waals surface area contributed by atoms with E-state index in [0.29, 0.717) is 0 Å². The van der Waals surface area contributed by atoms with Crippen LogP contribution in [0.25, 0.3) is 0 Å². The summed E-state index contributed by atoms with van der Waals surface area (Å²) >= 11 is 0. The van der Waals surface area contributed by atoms with Crippen molar-refractivity contribution in [2.24, 2.45) is 5.89 Å². The van der Waals surface area contributed by atoms with E-state index in [0.717, 1.165) is 6.07 Å². The Morgan fingerprint density at radius 2 is 2.17 bits per heavy atom. The molecule has 0 amide bonds. The molecule has 1 fully saturated rings. The molecule has 4 rings (SSSR count). The van der Waals surface area contributed by atoms with Crippen molar-refractivity contribution in [1.29, 1.82) is 0 Å². The lowest BCUT2D eigenvalue weighted by molar-refractivity contribution is 0.173. The maximum absolute atomic E-state index is 14.1. The van der Waals surface area contributed by atoms with Gasteiger partial charge in [0.05, 0.1) is 14.8 Å². The lowest BCUT2D eigenvalue weighted by Gasteiger charge is -2.32. The molecule has 1 unspecified atom stereocenters. The smallest absolute Gasteiger partial charge is 0.231 e. The first-order chi connectivity index (χ1) is 15.6. The number of hydrogen-bond donors (Lipinski definition) is 1. The van der Waals surface area contributed by atoms with Crippen LogP contribution in [0.5, 0.6) is 17.2 Å². The monoisotopic (exact) mass is 339 g/mol. The zero-order valence-corrected chi connectivity index (χ0v) is 12.5. The number of hydrogen-bond acceptors (Lipinski definition) is 4. The molecule has 0 radical (unpaired) electrons. The molecule has 2 aromatic rings. The van der Waals surface area contributed by atoms with Gasteiger partial charge in [0.1, 0.15) is 14.3 Å². The van der Waals surface area contributed by atoms with Gasteiger partial charge < -0.3 is 19.5 Å². The third-order valence-electron chi connectivity index (χ3n) is 3.62. The third kappa shape index (κ3) is 3.17. The van der Waals surface area contributed by atoms with Crippen LogP contribution in [0, 0.1) is 11.7 Å². The van der Waals surface area contributed by atoms with E-state index in [1.807, 2.05) is 0 Å². The lowest BCUT2D eigenvalue weighted by atomic mass is 9.81. The first kappa shape index (κ1) is 7.74. The van der Waals surface area contributed by atoms with Gasteiger partial charge in [-0.3, -0.25) is 0 Å². The Hall–Kier alpha value is -2.27. The van der Waals surface area contributed by atoms with Crippen LogP contribution >= 0.6 is 0 Å².